The van der Waals surface area contributed by atoms with E-state index < -0.39 is 0 Å². The monoisotopic (exact) mass is 399 g/mol. The molecular weight excluding hydrogens is 378 g/mol. The van der Waals surface area contributed by atoms with Crippen LogP contribution in [-0.2, 0) is 10.5 Å². The summed E-state index contributed by atoms with van der Waals surface area (Å²) in [5, 5.41) is 19.7. The van der Waals surface area contributed by atoms with Crippen LogP contribution in [0.15, 0.2) is 58.7 Å². The normalized spacial score (nSPS) is 15.1. The zero-order chi connectivity index (χ0) is 19.8. The first-order valence-corrected chi connectivity index (χ1v) is 9.76. The second kappa shape index (κ2) is 9.86. The lowest BCUT2D eigenvalue weighted by atomic mass is 10.1. The highest BCUT2D eigenvalue weighted by molar-refractivity contribution is 8.13. The number of ether oxygens (including phenoxy) is 1. The van der Waals surface area contributed by atoms with Crippen molar-refractivity contribution in [1.82, 2.24) is 0 Å². The fourth-order valence-corrected chi connectivity index (χ4v) is 3.36. The van der Waals surface area contributed by atoms with Gasteiger partial charge in [-0.15, -0.1) is 5.10 Å². The van der Waals surface area contributed by atoms with Crippen molar-refractivity contribution in [3.8, 4) is 0 Å². The Morgan fingerprint density at radius 1 is 1.25 bits per heavy atom. The molecule has 1 fully saturated rings. The molecule has 1 aliphatic heterocycles. The Morgan fingerprint density at radius 3 is 2.71 bits per heavy atom. The smallest absolute Gasteiger partial charge is 0.293 e. The number of benzene rings is 2. The number of morpholine rings is 1. The molecule has 9 heteroatoms. The molecule has 0 aliphatic carbocycles. The van der Waals surface area contributed by atoms with Crippen LogP contribution in [0.25, 0.3) is 0 Å². The first-order chi connectivity index (χ1) is 13.6. The number of anilines is 1. The van der Waals surface area contributed by atoms with Crippen molar-refractivity contribution >= 4 is 34.5 Å². The summed E-state index contributed by atoms with van der Waals surface area (Å²) in [7, 11) is 0. The van der Waals surface area contributed by atoms with E-state index in [4.69, 9.17) is 10.5 Å². The topological polar surface area (TPSA) is 106 Å². The van der Waals surface area contributed by atoms with Gasteiger partial charge in [0.25, 0.3) is 5.69 Å². The molecule has 2 aromatic carbocycles. The Morgan fingerprint density at radius 2 is 2.00 bits per heavy atom. The van der Waals surface area contributed by atoms with Gasteiger partial charge in [0.05, 0.1) is 24.4 Å². The number of amidine groups is 1. The number of nitrogens with two attached hydrogens (primary N) is 1. The van der Waals surface area contributed by atoms with Crippen LogP contribution in [0.2, 0.25) is 0 Å². The predicted octanol–water partition coefficient (Wildman–Crippen LogP) is 3.01. The fourth-order valence-electron chi connectivity index (χ4n) is 2.75. The Balaban J connectivity index is 1.65. The van der Waals surface area contributed by atoms with Gasteiger partial charge in [-0.3, -0.25) is 10.1 Å². The minimum Gasteiger partial charge on any atom is -0.378 e. The van der Waals surface area contributed by atoms with Crippen molar-refractivity contribution in [3.63, 3.8) is 0 Å². The average molecular weight is 399 g/mol. The van der Waals surface area contributed by atoms with Crippen LogP contribution in [0.3, 0.4) is 0 Å². The highest BCUT2D eigenvalue weighted by Crippen LogP contribution is 2.29. The molecule has 28 heavy (non-hydrogen) atoms. The highest BCUT2D eigenvalue weighted by Gasteiger charge is 2.21. The van der Waals surface area contributed by atoms with Crippen molar-refractivity contribution in [3.05, 3.63) is 69.8 Å². The zero-order valence-electron chi connectivity index (χ0n) is 15.2. The van der Waals surface area contributed by atoms with Gasteiger partial charge in [-0.2, -0.15) is 5.10 Å². The molecule has 2 N–H and O–H groups in total. The Kier molecular flexibility index (Phi) is 6.99. The van der Waals surface area contributed by atoms with Gasteiger partial charge in [-0.1, -0.05) is 48.2 Å². The maximum Gasteiger partial charge on any atom is 0.293 e. The second-order valence-corrected chi connectivity index (χ2v) is 7.06. The number of rotatable bonds is 6. The fraction of sp³-hybridized carbons (Fsp3) is 0.263. The van der Waals surface area contributed by atoms with Gasteiger partial charge in [-0.25, -0.2) is 0 Å². The Labute approximate surface area is 167 Å². The lowest BCUT2D eigenvalue weighted by Crippen LogP contribution is -2.36. The largest absolute Gasteiger partial charge is 0.378 e. The summed E-state index contributed by atoms with van der Waals surface area (Å²) in [5.41, 5.74) is 8.22. The number of nitro benzene ring substituents is 1. The van der Waals surface area contributed by atoms with Crippen LogP contribution >= 0.6 is 11.8 Å². The van der Waals surface area contributed by atoms with E-state index in [2.05, 4.69) is 10.2 Å². The maximum absolute atomic E-state index is 11.5. The minimum absolute atomic E-state index is 0.0428. The molecule has 0 bridgehead atoms. The van der Waals surface area contributed by atoms with Crippen LogP contribution in [0.4, 0.5) is 11.4 Å². The van der Waals surface area contributed by atoms with E-state index in [-0.39, 0.29) is 10.6 Å². The zero-order valence-corrected chi connectivity index (χ0v) is 16.0. The van der Waals surface area contributed by atoms with E-state index in [9.17, 15) is 10.1 Å². The van der Waals surface area contributed by atoms with Crippen LogP contribution in [0, 0.1) is 10.1 Å². The average Bonchev–Trinajstić information content (AvgIpc) is 2.73. The second-order valence-electron chi connectivity index (χ2n) is 6.06. The molecule has 0 amide bonds. The van der Waals surface area contributed by atoms with Crippen molar-refractivity contribution in [1.29, 1.82) is 0 Å². The summed E-state index contributed by atoms with van der Waals surface area (Å²) in [4.78, 5) is 13.0. The van der Waals surface area contributed by atoms with Gasteiger partial charge in [0, 0.05) is 30.5 Å². The molecule has 1 aliphatic rings. The third-order valence-electron chi connectivity index (χ3n) is 4.14. The van der Waals surface area contributed by atoms with Crippen LogP contribution in [-0.4, -0.2) is 42.6 Å². The molecule has 2 aromatic rings. The number of nitrogens with zero attached hydrogens (tertiary/aromatic N) is 4. The van der Waals surface area contributed by atoms with Gasteiger partial charge in [0.2, 0.25) is 0 Å². The first-order valence-electron chi connectivity index (χ1n) is 8.78. The summed E-state index contributed by atoms with van der Waals surface area (Å²) in [6.07, 6.45) is 1.46. The van der Waals surface area contributed by atoms with Crippen molar-refractivity contribution in [2.45, 2.75) is 5.75 Å². The van der Waals surface area contributed by atoms with Gasteiger partial charge < -0.3 is 15.4 Å². The van der Waals surface area contributed by atoms with Crippen LogP contribution in [0.1, 0.15) is 11.1 Å². The maximum atomic E-state index is 11.5. The minimum atomic E-state index is -0.379. The summed E-state index contributed by atoms with van der Waals surface area (Å²) >= 11 is 1.38. The number of thioether (sulfide) groups is 1. The molecule has 146 valence electrons. The number of hydrogen-bond acceptors (Lipinski definition) is 7. The molecule has 0 unspecified atom stereocenters. The molecule has 8 nitrogen and oxygen atoms in total. The SMILES string of the molecule is NC(=NN=Cc1ccc(N2CCOCC2)c([N+](=O)[O-])c1)SCc1ccccc1. The molecule has 3 rings (SSSR count). The third kappa shape index (κ3) is 5.54. The summed E-state index contributed by atoms with van der Waals surface area (Å²) in [5.74, 6) is 0.700. The molecule has 1 saturated heterocycles. The summed E-state index contributed by atoms with van der Waals surface area (Å²) in [6, 6.07) is 14.9. The van der Waals surface area contributed by atoms with Crippen LogP contribution < -0.4 is 10.6 Å². The standard InChI is InChI=1S/C19H21N5O3S/c20-19(28-14-15-4-2-1-3-5-15)22-21-13-16-6-7-17(18(12-16)24(25)26)23-8-10-27-11-9-23/h1-7,12-13H,8-11,14H2,(H2,20,22). The van der Waals surface area contributed by atoms with E-state index >= 15 is 0 Å². The van der Waals surface area contributed by atoms with Crippen molar-refractivity contribution in [2.75, 3.05) is 31.2 Å². The molecule has 0 spiro atoms. The van der Waals surface area contributed by atoms with Gasteiger partial charge >= 0.3 is 0 Å². The van der Waals surface area contributed by atoms with Gasteiger partial charge in [0.1, 0.15) is 5.69 Å². The summed E-state index contributed by atoms with van der Waals surface area (Å²) in [6.45, 7) is 2.39. The van der Waals surface area contributed by atoms with Gasteiger partial charge in [0.15, 0.2) is 5.17 Å². The highest BCUT2D eigenvalue weighted by atomic mass is 32.2. The van der Waals surface area contributed by atoms with Crippen molar-refractivity contribution < 1.29 is 9.66 Å². The molecule has 0 atom stereocenters. The Hall–Kier alpha value is -2.91. The third-order valence-corrected chi connectivity index (χ3v) is 5.00. The lowest BCUT2D eigenvalue weighted by Gasteiger charge is -2.28. The number of nitro groups is 1. The predicted molar refractivity (Wildman–Crippen MR) is 113 cm³/mol. The lowest BCUT2D eigenvalue weighted by molar-refractivity contribution is -0.384. The van der Waals surface area contributed by atoms with Crippen LogP contribution in [0.5, 0.6) is 0 Å². The first kappa shape index (κ1) is 19.8. The van der Waals surface area contributed by atoms with Gasteiger partial charge in [-0.05, 0) is 11.6 Å². The Bertz CT molecular complexity index is 867. The molecule has 1 heterocycles. The molecule has 0 saturated carbocycles. The quantitative estimate of drug-likeness (QED) is 0.346. The molecular formula is C19H21N5O3S. The van der Waals surface area contributed by atoms with E-state index in [0.717, 1.165) is 5.56 Å². The van der Waals surface area contributed by atoms with E-state index in [1.54, 1.807) is 12.1 Å². The van der Waals surface area contributed by atoms with E-state index in [0.29, 0.717) is 48.5 Å². The van der Waals surface area contributed by atoms with E-state index in [1.165, 1.54) is 24.0 Å². The molecule has 0 radical (unpaired) electrons. The molecule has 0 aromatic heterocycles. The number of hydrogen-bond donors (Lipinski definition) is 1. The van der Waals surface area contributed by atoms with Crippen molar-refractivity contribution in [2.24, 2.45) is 15.9 Å². The summed E-state index contributed by atoms with van der Waals surface area (Å²) < 4.78 is 5.31. The van der Waals surface area contributed by atoms with E-state index in [1.807, 2.05) is 35.2 Å².